The number of hydrogen-bond acceptors (Lipinski definition) is 7. The van der Waals surface area contributed by atoms with Gasteiger partial charge in [0.1, 0.15) is 11.5 Å². The maximum Gasteiger partial charge on any atom is 0.383 e. The Bertz CT molecular complexity index is 1070. The first-order valence-corrected chi connectivity index (χ1v) is 11.2. The van der Waals surface area contributed by atoms with Gasteiger partial charge in [0.2, 0.25) is 0 Å². The minimum atomic E-state index is -2.10. The number of benzene rings is 2. The molecule has 0 amide bonds. The van der Waals surface area contributed by atoms with Crippen LogP contribution in [0.2, 0.25) is 0 Å². The first-order valence-electron chi connectivity index (χ1n) is 11.2. The summed E-state index contributed by atoms with van der Waals surface area (Å²) >= 11 is 0. The van der Waals surface area contributed by atoms with E-state index in [1.54, 1.807) is 18.2 Å². The van der Waals surface area contributed by atoms with Crippen LogP contribution in [0.15, 0.2) is 43.0 Å². The summed E-state index contributed by atoms with van der Waals surface area (Å²) < 4.78 is 10.6. The Morgan fingerprint density at radius 3 is 2.31 bits per heavy atom. The molecule has 0 aliphatic heterocycles. The van der Waals surface area contributed by atoms with Crippen molar-refractivity contribution in [2.75, 3.05) is 6.61 Å². The molecule has 0 aliphatic rings. The van der Waals surface area contributed by atoms with Gasteiger partial charge in [-0.25, -0.2) is 9.59 Å². The van der Waals surface area contributed by atoms with Crippen LogP contribution in [0.3, 0.4) is 0 Å². The standard InChI is InChI=1S/C26H31NO8/c1-6-7-23(25(26(30)31)27(32)33)35-24(29)14-34-19-10-16(4)21(17(5)11-19)13-18-8-9-22(28)20(12-18)15(2)3/h6,8-12,15,23,25,28H,1,7,13-14H2,2-5H3,(H,30,31)/t23?,25-/m0/s1. The van der Waals surface area contributed by atoms with Crippen LogP contribution in [0.4, 0.5) is 0 Å². The number of ether oxygens (including phenoxy) is 2. The van der Waals surface area contributed by atoms with Gasteiger partial charge in [0.15, 0.2) is 12.7 Å². The number of phenols is 1. The minimum absolute atomic E-state index is 0.188. The van der Waals surface area contributed by atoms with E-state index in [1.165, 1.54) is 6.08 Å². The first-order chi connectivity index (χ1) is 16.4. The lowest BCUT2D eigenvalue weighted by Gasteiger charge is -2.18. The third-order valence-electron chi connectivity index (χ3n) is 5.64. The minimum Gasteiger partial charge on any atom is -0.508 e. The maximum absolute atomic E-state index is 12.2. The molecule has 9 nitrogen and oxygen atoms in total. The molecule has 2 atom stereocenters. The molecule has 35 heavy (non-hydrogen) atoms. The number of hydrogen-bond donors (Lipinski definition) is 2. The predicted molar refractivity (Wildman–Crippen MR) is 130 cm³/mol. The van der Waals surface area contributed by atoms with Crippen LogP contribution in [0.25, 0.3) is 0 Å². The van der Waals surface area contributed by atoms with Crippen molar-refractivity contribution in [3.63, 3.8) is 0 Å². The zero-order valence-electron chi connectivity index (χ0n) is 20.3. The van der Waals surface area contributed by atoms with Gasteiger partial charge in [0.25, 0.3) is 0 Å². The van der Waals surface area contributed by atoms with Crippen molar-refractivity contribution in [2.45, 2.75) is 58.6 Å². The number of phenolic OH excluding ortho intramolecular Hbond substituents is 1. The number of carboxylic acid groups (broad SMARTS) is 1. The molecule has 2 aromatic carbocycles. The highest BCUT2D eigenvalue weighted by molar-refractivity contribution is 5.75. The second kappa shape index (κ2) is 12.0. The number of aromatic hydroxyl groups is 1. The van der Waals surface area contributed by atoms with Crippen molar-refractivity contribution in [3.8, 4) is 11.5 Å². The van der Waals surface area contributed by atoms with Gasteiger partial charge in [-0.3, -0.25) is 10.1 Å². The topological polar surface area (TPSA) is 136 Å². The van der Waals surface area contributed by atoms with Crippen LogP contribution in [0.1, 0.15) is 54.0 Å². The molecule has 0 saturated carbocycles. The van der Waals surface area contributed by atoms with Crippen molar-refractivity contribution >= 4 is 11.9 Å². The average Bonchev–Trinajstić information content (AvgIpc) is 2.75. The fourth-order valence-electron chi connectivity index (χ4n) is 3.83. The van der Waals surface area contributed by atoms with Gasteiger partial charge in [-0.2, -0.15) is 0 Å². The lowest BCUT2D eigenvalue weighted by Crippen LogP contribution is -2.43. The van der Waals surface area contributed by atoms with Gasteiger partial charge in [-0.1, -0.05) is 32.1 Å². The van der Waals surface area contributed by atoms with Crippen LogP contribution in [-0.4, -0.2) is 45.8 Å². The summed E-state index contributed by atoms with van der Waals surface area (Å²) in [4.78, 5) is 33.5. The maximum atomic E-state index is 12.2. The molecule has 188 valence electrons. The zero-order valence-corrected chi connectivity index (χ0v) is 20.3. The number of carbonyl (C=O) groups is 2. The van der Waals surface area contributed by atoms with Crippen molar-refractivity contribution in [1.82, 2.24) is 0 Å². The predicted octanol–water partition coefficient (Wildman–Crippen LogP) is 4.32. The molecule has 9 heteroatoms. The quantitative estimate of drug-likeness (QED) is 0.196. The van der Waals surface area contributed by atoms with Crippen LogP contribution in [0.5, 0.6) is 11.5 Å². The Balaban J connectivity index is 2.11. The zero-order chi connectivity index (χ0) is 26.3. The molecule has 1 unspecified atom stereocenters. The van der Waals surface area contributed by atoms with Crippen molar-refractivity contribution in [3.05, 3.63) is 80.9 Å². The Morgan fingerprint density at radius 1 is 1.17 bits per heavy atom. The highest BCUT2D eigenvalue weighted by Crippen LogP contribution is 2.29. The number of aliphatic carboxylic acids is 1. The fraction of sp³-hybridized carbons (Fsp3) is 0.385. The molecular weight excluding hydrogens is 454 g/mol. The molecule has 0 aromatic heterocycles. The summed E-state index contributed by atoms with van der Waals surface area (Å²) in [5.41, 5.74) is 4.91. The number of carbonyl (C=O) groups excluding carboxylic acids is 1. The lowest BCUT2D eigenvalue weighted by atomic mass is 9.93. The van der Waals surface area contributed by atoms with E-state index >= 15 is 0 Å². The van der Waals surface area contributed by atoms with Crippen LogP contribution in [-0.2, 0) is 20.7 Å². The SMILES string of the molecule is C=CCC(OC(=O)COc1cc(C)c(Cc2ccc(O)c(C(C)C)c2)c(C)c1)[C@@H](C(=O)O)[N+](=O)[O-]. The lowest BCUT2D eigenvalue weighted by molar-refractivity contribution is -0.521. The molecule has 0 aliphatic carbocycles. The second-order valence-electron chi connectivity index (χ2n) is 8.67. The molecule has 2 N–H and O–H groups in total. The molecule has 2 rings (SSSR count). The van der Waals surface area contributed by atoms with Gasteiger partial charge >= 0.3 is 18.0 Å². The average molecular weight is 486 g/mol. The first kappa shape index (κ1) is 27.4. The highest BCUT2D eigenvalue weighted by Gasteiger charge is 2.41. The smallest absolute Gasteiger partial charge is 0.383 e. The Hall–Kier alpha value is -3.88. The van der Waals surface area contributed by atoms with Gasteiger partial charge in [-0.15, -0.1) is 6.58 Å². The van der Waals surface area contributed by atoms with Gasteiger partial charge in [0.05, 0.1) is 0 Å². The van der Waals surface area contributed by atoms with Crippen molar-refractivity contribution < 1.29 is 34.2 Å². The summed E-state index contributed by atoms with van der Waals surface area (Å²) in [7, 11) is 0. The third kappa shape index (κ3) is 7.30. The Morgan fingerprint density at radius 2 is 1.80 bits per heavy atom. The van der Waals surface area contributed by atoms with Gasteiger partial charge in [0, 0.05) is 11.3 Å². The summed E-state index contributed by atoms with van der Waals surface area (Å²) in [5, 5.41) is 30.2. The van der Waals surface area contributed by atoms with E-state index in [2.05, 4.69) is 6.58 Å². The van der Waals surface area contributed by atoms with E-state index in [-0.39, 0.29) is 18.1 Å². The van der Waals surface area contributed by atoms with E-state index in [0.717, 1.165) is 27.8 Å². The van der Waals surface area contributed by atoms with E-state index < -0.39 is 35.6 Å². The molecule has 0 spiro atoms. The highest BCUT2D eigenvalue weighted by atomic mass is 16.6. The summed E-state index contributed by atoms with van der Waals surface area (Å²) in [5.74, 6) is -1.74. The summed E-state index contributed by atoms with van der Waals surface area (Å²) in [6.07, 6.45) is 0.220. The molecule has 0 heterocycles. The monoisotopic (exact) mass is 485 g/mol. The number of aryl methyl sites for hydroxylation is 2. The number of esters is 1. The largest absolute Gasteiger partial charge is 0.508 e. The fourth-order valence-corrected chi connectivity index (χ4v) is 3.83. The molecule has 0 radical (unpaired) electrons. The summed E-state index contributed by atoms with van der Waals surface area (Å²) in [6, 6.07) is 7.03. The van der Waals surface area contributed by atoms with Crippen LogP contribution < -0.4 is 4.74 Å². The number of nitro groups is 1. The van der Waals surface area contributed by atoms with Gasteiger partial charge in [-0.05, 0) is 72.2 Å². The van der Waals surface area contributed by atoms with E-state index in [9.17, 15) is 24.8 Å². The Kier molecular flexibility index (Phi) is 9.39. The normalized spacial score (nSPS) is 12.6. The van der Waals surface area contributed by atoms with E-state index in [4.69, 9.17) is 14.6 Å². The second-order valence-corrected chi connectivity index (χ2v) is 8.67. The molecule has 0 fully saturated rings. The number of carboxylic acids is 1. The summed E-state index contributed by atoms with van der Waals surface area (Å²) in [6.45, 7) is 10.8. The molecule has 0 saturated heterocycles. The number of nitrogens with zero attached hydrogens (tertiary/aromatic N) is 1. The van der Waals surface area contributed by atoms with Crippen LogP contribution in [0, 0.1) is 24.0 Å². The van der Waals surface area contributed by atoms with Gasteiger partial charge < -0.3 is 19.7 Å². The molecule has 2 aromatic rings. The number of rotatable bonds is 12. The van der Waals surface area contributed by atoms with Crippen molar-refractivity contribution in [1.29, 1.82) is 0 Å². The van der Waals surface area contributed by atoms with Crippen molar-refractivity contribution in [2.24, 2.45) is 0 Å². The third-order valence-corrected chi connectivity index (χ3v) is 5.64. The Labute approximate surface area is 204 Å². The van der Waals surface area contributed by atoms with E-state index in [1.807, 2.05) is 39.8 Å². The van der Waals surface area contributed by atoms with Crippen LogP contribution >= 0.6 is 0 Å². The molecule has 0 bridgehead atoms. The molecular formula is C26H31NO8. The van der Waals surface area contributed by atoms with E-state index in [0.29, 0.717) is 12.2 Å².